The van der Waals surface area contributed by atoms with E-state index >= 15 is 0 Å². The smallest absolute Gasteiger partial charge is 0.139 e. The molecule has 2 aromatic rings. The van der Waals surface area contributed by atoms with Crippen molar-refractivity contribution >= 4 is 17.3 Å². The molecule has 0 spiro atoms. The summed E-state index contributed by atoms with van der Waals surface area (Å²) in [6, 6.07) is 13.8. The van der Waals surface area contributed by atoms with E-state index in [0.29, 0.717) is 11.6 Å². The van der Waals surface area contributed by atoms with Gasteiger partial charge in [0.25, 0.3) is 0 Å². The van der Waals surface area contributed by atoms with Gasteiger partial charge in [-0.15, -0.1) is 0 Å². The summed E-state index contributed by atoms with van der Waals surface area (Å²) in [7, 11) is 0. The second kappa shape index (κ2) is 5.98. The molecule has 3 heteroatoms. The molecule has 0 unspecified atom stereocenters. The van der Waals surface area contributed by atoms with Crippen molar-refractivity contribution in [2.75, 3.05) is 11.4 Å². The Kier molecular flexibility index (Phi) is 4.33. The van der Waals surface area contributed by atoms with Gasteiger partial charge in [-0.1, -0.05) is 35.9 Å². The number of halogens is 1. The lowest BCUT2D eigenvalue weighted by atomic mass is 10.1. The van der Waals surface area contributed by atoms with E-state index in [1.54, 1.807) is 6.07 Å². The van der Waals surface area contributed by atoms with Crippen molar-refractivity contribution in [2.24, 2.45) is 0 Å². The minimum Gasteiger partial charge on any atom is -0.506 e. The van der Waals surface area contributed by atoms with Crippen LogP contribution in [0.2, 0.25) is 5.02 Å². The number of hydrogen-bond acceptors (Lipinski definition) is 2. The molecule has 0 amide bonds. The minimum atomic E-state index is 0.176. The summed E-state index contributed by atoms with van der Waals surface area (Å²) >= 11 is 5.94. The lowest BCUT2D eigenvalue weighted by Crippen LogP contribution is -2.22. The van der Waals surface area contributed by atoms with Crippen LogP contribution in [0, 0.1) is 6.92 Å². The van der Waals surface area contributed by atoms with Gasteiger partial charge in [0.1, 0.15) is 5.75 Å². The van der Waals surface area contributed by atoms with Gasteiger partial charge < -0.3 is 10.0 Å². The number of anilines is 1. The lowest BCUT2D eigenvalue weighted by molar-refractivity contribution is 0.467. The van der Waals surface area contributed by atoms with Crippen molar-refractivity contribution in [1.82, 2.24) is 0 Å². The third kappa shape index (κ3) is 3.21. The molecule has 0 aliphatic rings. The van der Waals surface area contributed by atoms with Crippen LogP contribution in [0.15, 0.2) is 42.5 Å². The van der Waals surface area contributed by atoms with Crippen molar-refractivity contribution in [2.45, 2.75) is 20.4 Å². The Morgan fingerprint density at radius 3 is 2.58 bits per heavy atom. The van der Waals surface area contributed by atoms with Crippen LogP contribution >= 0.6 is 11.6 Å². The standard InChI is InChI=1S/C16H18ClNO/c1-3-18(14-8-4-6-12(2)10-14)11-13-7-5-9-15(17)16(13)19/h4-10,19H,3,11H2,1-2H3. The van der Waals surface area contributed by atoms with Crippen LogP contribution in [0.1, 0.15) is 18.1 Å². The Hall–Kier alpha value is -1.67. The maximum absolute atomic E-state index is 9.98. The van der Waals surface area contributed by atoms with Crippen LogP contribution in [0.5, 0.6) is 5.75 Å². The van der Waals surface area contributed by atoms with Crippen molar-refractivity contribution in [3.8, 4) is 5.75 Å². The van der Waals surface area contributed by atoms with E-state index in [1.165, 1.54) is 5.56 Å². The number of rotatable bonds is 4. The van der Waals surface area contributed by atoms with Gasteiger partial charge in [-0.05, 0) is 37.6 Å². The fourth-order valence-electron chi connectivity index (χ4n) is 2.10. The zero-order valence-corrected chi connectivity index (χ0v) is 12.0. The molecule has 0 atom stereocenters. The molecular weight excluding hydrogens is 258 g/mol. The maximum atomic E-state index is 9.98. The molecule has 0 fully saturated rings. The summed E-state index contributed by atoms with van der Waals surface area (Å²) < 4.78 is 0. The Bertz CT molecular complexity index is 568. The van der Waals surface area contributed by atoms with E-state index in [0.717, 1.165) is 17.8 Å². The number of para-hydroxylation sites is 1. The summed E-state index contributed by atoms with van der Waals surface area (Å²) in [6.45, 7) is 5.69. The van der Waals surface area contributed by atoms with Crippen molar-refractivity contribution in [3.05, 3.63) is 58.6 Å². The predicted octanol–water partition coefficient (Wildman–Crippen LogP) is 4.38. The molecule has 0 aliphatic heterocycles. The fourth-order valence-corrected chi connectivity index (χ4v) is 2.30. The van der Waals surface area contributed by atoms with E-state index in [-0.39, 0.29) is 5.75 Å². The molecule has 2 aromatic carbocycles. The van der Waals surface area contributed by atoms with Crippen LogP contribution in [0.3, 0.4) is 0 Å². The number of phenolic OH excluding ortho intramolecular Hbond substituents is 1. The normalized spacial score (nSPS) is 10.5. The first-order valence-electron chi connectivity index (χ1n) is 6.39. The average Bonchev–Trinajstić information content (AvgIpc) is 2.40. The van der Waals surface area contributed by atoms with Crippen LogP contribution in [0.25, 0.3) is 0 Å². The summed E-state index contributed by atoms with van der Waals surface area (Å²) in [6.07, 6.45) is 0. The molecule has 0 aliphatic carbocycles. The Balaban J connectivity index is 2.26. The van der Waals surface area contributed by atoms with E-state index in [9.17, 15) is 5.11 Å². The Labute approximate surface area is 119 Å². The van der Waals surface area contributed by atoms with Crippen molar-refractivity contribution in [3.63, 3.8) is 0 Å². The first-order chi connectivity index (χ1) is 9.11. The van der Waals surface area contributed by atoms with Crippen molar-refractivity contribution < 1.29 is 5.11 Å². The number of aromatic hydroxyl groups is 1. The van der Waals surface area contributed by atoms with Gasteiger partial charge in [0.2, 0.25) is 0 Å². The molecule has 0 bridgehead atoms. The zero-order chi connectivity index (χ0) is 13.8. The van der Waals surface area contributed by atoms with Crippen molar-refractivity contribution in [1.29, 1.82) is 0 Å². The SMILES string of the molecule is CCN(Cc1cccc(Cl)c1O)c1cccc(C)c1. The topological polar surface area (TPSA) is 23.5 Å². The quantitative estimate of drug-likeness (QED) is 0.895. The predicted molar refractivity (Wildman–Crippen MR) is 81.0 cm³/mol. The average molecular weight is 276 g/mol. The highest BCUT2D eigenvalue weighted by Gasteiger charge is 2.10. The second-order valence-corrected chi connectivity index (χ2v) is 5.01. The highest BCUT2D eigenvalue weighted by Crippen LogP contribution is 2.29. The maximum Gasteiger partial charge on any atom is 0.139 e. The summed E-state index contributed by atoms with van der Waals surface area (Å²) in [5, 5.41) is 10.4. The molecule has 0 radical (unpaired) electrons. The van der Waals surface area contributed by atoms with Gasteiger partial charge in [-0.2, -0.15) is 0 Å². The molecule has 1 N–H and O–H groups in total. The Morgan fingerprint density at radius 2 is 1.89 bits per heavy atom. The summed E-state index contributed by atoms with van der Waals surface area (Å²) in [4.78, 5) is 2.21. The van der Waals surface area contributed by atoms with Gasteiger partial charge in [0.05, 0.1) is 5.02 Å². The van der Waals surface area contributed by atoms with Gasteiger partial charge in [0, 0.05) is 24.3 Å². The van der Waals surface area contributed by atoms with Crippen LogP contribution in [-0.4, -0.2) is 11.7 Å². The third-order valence-electron chi connectivity index (χ3n) is 3.18. The minimum absolute atomic E-state index is 0.176. The Morgan fingerprint density at radius 1 is 1.16 bits per heavy atom. The monoisotopic (exact) mass is 275 g/mol. The van der Waals surface area contributed by atoms with Crippen LogP contribution in [-0.2, 0) is 6.54 Å². The van der Waals surface area contributed by atoms with E-state index in [4.69, 9.17) is 11.6 Å². The molecule has 2 nitrogen and oxygen atoms in total. The van der Waals surface area contributed by atoms with Crippen LogP contribution in [0.4, 0.5) is 5.69 Å². The number of hydrogen-bond donors (Lipinski definition) is 1. The molecule has 0 saturated carbocycles. The summed E-state index contributed by atoms with van der Waals surface area (Å²) in [5.41, 5.74) is 3.23. The third-order valence-corrected chi connectivity index (χ3v) is 3.49. The number of phenols is 1. The molecule has 2 rings (SSSR count). The van der Waals surface area contributed by atoms with E-state index in [2.05, 4.69) is 36.9 Å². The molecule has 0 saturated heterocycles. The molecule has 19 heavy (non-hydrogen) atoms. The molecule has 0 aromatic heterocycles. The first-order valence-corrected chi connectivity index (χ1v) is 6.77. The number of nitrogens with zero attached hydrogens (tertiary/aromatic N) is 1. The van der Waals surface area contributed by atoms with Gasteiger partial charge >= 0.3 is 0 Å². The zero-order valence-electron chi connectivity index (χ0n) is 11.2. The molecule has 100 valence electrons. The lowest BCUT2D eigenvalue weighted by Gasteiger charge is -2.24. The number of benzene rings is 2. The second-order valence-electron chi connectivity index (χ2n) is 4.60. The fraction of sp³-hybridized carbons (Fsp3) is 0.250. The van der Waals surface area contributed by atoms with E-state index < -0.39 is 0 Å². The highest BCUT2D eigenvalue weighted by molar-refractivity contribution is 6.32. The van der Waals surface area contributed by atoms with Crippen LogP contribution < -0.4 is 4.90 Å². The van der Waals surface area contributed by atoms with E-state index in [1.807, 2.05) is 18.2 Å². The first kappa shape index (κ1) is 13.8. The molecule has 0 heterocycles. The summed E-state index contributed by atoms with van der Waals surface area (Å²) in [5.74, 6) is 0.176. The van der Waals surface area contributed by atoms with Gasteiger partial charge in [0.15, 0.2) is 0 Å². The van der Waals surface area contributed by atoms with Gasteiger partial charge in [-0.3, -0.25) is 0 Å². The number of aryl methyl sites for hydroxylation is 1. The largest absolute Gasteiger partial charge is 0.506 e. The highest BCUT2D eigenvalue weighted by atomic mass is 35.5. The van der Waals surface area contributed by atoms with Gasteiger partial charge in [-0.25, -0.2) is 0 Å². The molecular formula is C16H18ClNO.